The van der Waals surface area contributed by atoms with E-state index in [1.54, 1.807) is 0 Å². The minimum atomic E-state index is 0.610. The molecule has 2 atom stereocenters. The van der Waals surface area contributed by atoms with Crippen LogP contribution in [0.15, 0.2) is 54.9 Å². The molecule has 20 heavy (non-hydrogen) atoms. The van der Waals surface area contributed by atoms with Crippen LogP contribution in [0.1, 0.15) is 23.5 Å². The highest BCUT2D eigenvalue weighted by Crippen LogP contribution is 2.40. The molecule has 2 aromatic heterocycles. The van der Waals surface area contributed by atoms with E-state index < -0.39 is 0 Å². The van der Waals surface area contributed by atoms with Crippen molar-refractivity contribution >= 4 is 11.0 Å². The van der Waals surface area contributed by atoms with Crippen molar-refractivity contribution in [3.05, 3.63) is 66.0 Å². The van der Waals surface area contributed by atoms with Crippen molar-refractivity contribution in [3.63, 3.8) is 0 Å². The van der Waals surface area contributed by atoms with Crippen LogP contribution < -0.4 is 5.32 Å². The first kappa shape index (κ1) is 11.7. The Morgan fingerprint density at radius 3 is 2.95 bits per heavy atom. The summed E-state index contributed by atoms with van der Waals surface area (Å²) in [6, 6.07) is 15.5. The molecule has 0 bridgehead atoms. The second-order valence-corrected chi connectivity index (χ2v) is 5.45. The quantitative estimate of drug-likeness (QED) is 0.759. The summed E-state index contributed by atoms with van der Waals surface area (Å²) in [5.74, 6) is 0.680. The van der Waals surface area contributed by atoms with E-state index in [1.807, 2.05) is 12.3 Å². The van der Waals surface area contributed by atoms with Gasteiger partial charge in [0.15, 0.2) is 0 Å². The van der Waals surface area contributed by atoms with Gasteiger partial charge in [0.1, 0.15) is 5.65 Å². The first-order chi connectivity index (χ1) is 9.92. The molecule has 3 aromatic rings. The lowest BCUT2D eigenvalue weighted by Gasteiger charge is -2.03. The lowest BCUT2D eigenvalue weighted by molar-refractivity contribution is 0.675. The number of pyridine rings is 1. The van der Waals surface area contributed by atoms with E-state index in [2.05, 4.69) is 57.9 Å². The smallest absolute Gasteiger partial charge is 0.137 e. The fraction of sp³-hybridized carbons (Fsp3) is 0.235. The second kappa shape index (κ2) is 4.76. The molecule has 4 rings (SSSR count). The molecule has 1 saturated carbocycles. The number of rotatable bonds is 4. The monoisotopic (exact) mass is 263 g/mol. The van der Waals surface area contributed by atoms with Gasteiger partial charge in [-0.25, -0.2) is 4.98 Å². The number of nitrogens with zero attached hydrogens (tertiary/aromatic N) is 1. The van der Waals surface area contributed by atoms with Crippen LogP contribution in [-0.2, 0) is 6.54 Å². The molecule has 0 spiro atoms. The number of H-pyrrole nitrogens is 1. The number of benzene rings is 1. The van der Waals surface area contributed by atoms with E-state index in [0.29, 0.717) is 12.0 Å². The Hall–Kier alpha value is -2.13. The molecule has 1 fully saturated rings. The van der Waals surface area contributed by atoms with Gasteiger partial charge in [-0.05, 0) is 29.7 Å². The van der Waals surface area contributed by atoms with E-state index >= 15 is 0 Å². The standard InChI is InChI=1S/C17H17N3/c1-2-5-12(6-3-1)15-9-16(15)19-10-13-11-20-17-14(13)7-4-8-18-17/h1-8,11,15-16,19H,9-10H2,(H,18,20). The Morgan fingerprint density at radius 1 is 1.15 bits per heavy atom. The van der Waals surface area contributed by atoms with Gasteiger partial charge in [0.05, 0.1) is 0 Å². The SMILES string of the molecule is c1ccc(C2CC2NCc2c[nH]c3ncccc23)cc1. The molecule has 0 aliphatic heterocycles. The average molecular weight is 263 g/mol. The third-order valence-corrected chi connectivity index (χ3v) is 4.11. The normalized spacial score (nSPS) is 21.2. The van der Waals surface area contributed by atoms with E-state index in [1.165, 1.54) is 22.9 Å². The third-order valence-electron chi connectivity index (χ3n) is 4.11. The van der Waals surface area contributed by atoms with Gasteiger partial charge >= 0.3 is 0 Å². The molecule has 2 heterocycles. The molecule has 3 heteroatoms. The fourth-order valence-electron chi connectivity index (χ4n) is 2.89. The number of nitrogens with one attached hydrogen (secondary N) is 2. The highest BCUT2D eigenvalue weighted by molar-refractivity contribution is 5.79. The number of fused-ring (bicyclic) bond motifs is 1. The van der Waals surface area contributed by atoms with Crippen molar-refractivity contribution in [3.8, 4) is 0 Å². The predicted molar refractivity (Wildman–Crippen MR) is 80.5 cm³/mol. The van der Waals surface area contributed by atoms with Crippen LogP contribution in [0.3, 0.4) is 0 Å². The van der Waals surface area contributed by atoms with Crippen LogP contribution >= 0.6 is 0 Å². The van der Waals surface area contributed by atoms with Gasteiger partial charge in [0.2, 0.25) is 0 Å². The largest absolute Gasteiger partial charge is 0.346 e. The van der Waals surface area contributed by atoms with E-state index in [4.69, 9.17) is 0 Å². The molecule has 1 aliphatic rings. The first-order valence-electron chi connectivity index (χ1n) is 7.11. The van der Waals surface area contributed by atoms with E-state index in [9.17, 15) is 0 Å². The molecule has 1 aliphatic carbocycles. The minimum absolute atomic E-state index is 0.610. The molecule has 2 unspecified atom stereocenters. The Kier molecular flexibility index (Phi) is 2.78. The maximum atomic E-state index is 4.32. The van der Waals surface area contributed by atoms with Gasteiger partial charge in [-0.2, -0.15) is 0 Å². The Morgan fingerprint density at radius 2 is 2.05 bits per heavy atom. The van der Waals surface area contributed by atoms with Crippen molar-refractivity contribution < 1.29 is 0 Å². The van der Waals surface area contributed by atoms with Crippen molar-refractivity contribution in [2.75, 3.05) is 0 Å². The highest BCUT2D eigenvalue weighted by Gasteiger charge is 2.37. The third kappa shape index (κ3) is 2.10. The average Bonchev–Trinajstić information content (AvgIpc) is 3.18. The van der Waals surface area contributed by atoms with Gasteiger partial charge in [-0.15, -0.1) is 0 Å². The van der Waals surface area contributed by atoms with Crippen molar-refractivity contribution in [2.45, 2.75) is 24.9 Å². The topological polar surface area (TPSA) is 40.7 Å². The molecule has 2 N–H and O–H groups in total. The number of aromatic amines is 1. The van der Waals surface area contributed by atoms with Gasteiger partial charge in [-0.3, -0.25) is 0 Å². The van der Waals surface area contributed by atoms with E-state index in [-0.39, 0.29) is 0 Å². The fourth-order valence-corrected chi connectivity index (χ4v) is 2.89. The predicted octanol–water partition coefficient (Wildman–Crippen LogP) is 3.21. The molecule has 0 radical (unpaired) electrons. The molecule has 0 saturated heterocycles. The maximum Gasteiger partial charge on any atom is 0.137 e. The van der Waals surface area contributed by atoms with Crippen LogP contribution in [0.25, 0.3) is 11.0 Å². The van der Waals surface area contributed by atoms with Crippen LogP contribution in [0, 0.1) is 0 Å². The maximum absolute atomic E-state index is 4.32. The lowest BCUT2D eigenvalue weighted by Crippen LogP contribution is -2.17. The van der Waals surface area contributed by atoms with Crippen LogP contribution in [0.4, 0.5) is 0 Å². The highest BCUT2D eigenvalue weighted by atomic mass is 15.0. The number of hydrogen-bond donors (Lipinski definition) is 2. The Balaban J connectivity index is 1.43. The zero-order valence-corrected chi connectivity index (χ0v) is 11.2. The second-order valence-electron chi connectivity index (χ2n) is 5.45. The minimum Gasteiger partial charge on any atom is -0.346 e. The summed E-state index contributed by atoms with van der Waals surface area (Å²) in [5.41, 5.74) is 3.72. The molecular formula is C17H17N3. The zero-order chi connectivity index (χ0) is 13.4. The first-order valence-corrected chi connectivity index (χ1v) is 7.11. The summed E-state index contributed by atoms with van der Waals surface area (Å²) in [7, 11) is 0. The van der Waals surface area contributed by atoms with Crippen molar-refractivity contribution in [1.82, 2.24) is 15.3 Å². The summed E-state index contributed by atoms with van der Waals surface area (Å²) >= 11 is 0. The van der Waals surface area contributed by atoms with Crippen LogP contribution in [0.5, 0.6) is 0 Å². The van der Waals surface area contributed by atoms with Gasteiger partial charge in [-0.1, -0.05) is 30.3 Å². The summed E-state index contributed by atoms with van der Waals surface area (Å²) in [5, 5.41) is 4.87. The van der Waals surface area contributed by atoms with Crippen molar-refractivity contribution in [2.24, 2.45) is 0 Å². The molecule has 100 valence electrons. The van der Waals surface area contributed by atoms with Gasteiger partial charge < -0.3 is 10.3 Å². The lowest BCUT2D eigenvalue weighted by atomic mass is 10.1. The number of aromatic nitrogens is 2. The summed E-state index contributed by atoms with van der Waals surface area (Å²) in [6.45, 7) is 0.902. The zero-order valence-electron chi connectivity index (χ0n) is 11.2. The Bertz CT molecular complexity index is 717. The summed E-state index contributed by atoms with van der Waals surface area (Å²) in [6.07, 6.45) is 5.12. The number of hydrogen-bond acceptors (Lipinski definition) is 2. The molecule has 3 nitrogen and oxygen atoms in total. The van der Waals surface area contributed by atoms with Crippen LogP contribution in [-0.4, -0.2) is 16.0 Å². The van der Waals surface area contributed by atoms with Gasteiger partial charge in [0, 0.05) is 36.3 Å². The summed E-state index contributed by atoms with van der Waals surface area (Å²) < 4.78 is 0. The van der Waals surface area contributed by atoms with E-state index in [0.717, 1.165) is 12.2 Å². The van der Waals surface area contributed by atoms with Crippen LogP contribution in [0.2, 0.25) is 0 Å². The summed E-state index contributed by atoms with van der Waals surface area (Å²) in [4.78, 5) is 7.55. The van der Waals surface area contributed by atoms with Crippen molar-refractivity contribution in [1.29, 1.82) is 0 Å². The molecular weight excluding hydrogens is 246 g/mol. The van der Waals surface area contributed by atoms with Gasteiger partial charge in [0.25, 0.3) is 0 Å². The molecule has 0 amide bonds. The molecule has 1 aromatic carbocycles. The Labute approximate surface area is 118 Å².